The Hall–Kier alpha value is -0.450. The average Bonchev–Trinajstić information content (AvgIpc) is 2.59. The second kappa shape index (κ2) is 5.04. The van der Waals surface area contributed by atoms with Crippen molar-refractivity contribution in [2.24, 2.45) is 11.1 Å². The van der Waals surface area contributed by atoms with Crippen LogP contribution in [0.4, 0.5) is 4.39 Å². The molecule has 0 aliphatic carbocycles. The molecule has 1 atom stereocenters. The van der Waals surface area contributed by atoms with Crippen molar-refractivity contribution < 1.29 is 4.39 Å². The van der Waals surface area contributed by atoms with Crippen LogP contribution >= 0.6 is 15.9 Å². The highest BCUT2D eigenvalue weighted by molar-refractivity contribution is 9.10. The van der Waals surface area contributed by atoms with Gasteiger partial charge in [0.2, 0.25) is 0 Å². The van der Waals surface area contributed by atoms with Crippen molar-refractivity contribution in [1.82, 2.24) is 4.90 Å². The number of nitrogens with two attached hydrogens (primary N) is 1. The molecule has 2 rings (SSSR count). The van der Waals surface area contributed by atoms with Crippen molar-refractivity contribution in [3.8, 4) is 0 Å². The van der Waals surface area contributed by atoms with E-state index in [0.29, 0.717) is 0 Å². The Balaban J connectivity index is 2.02. The van der Waals surface area contributed by atoms with E-state index in [4.69, 9.17) is 5.73 Å². The van der Waals surface area contributed by atoms with E-state index in [1.807, 2.05) is 6.07 Å². The first-order valence-corrected chi connectivity index (χ1v) is 6.67. The Labute approximate surface area is 110 Å². The van der Waals surface area contributed by atoms with Crippen LogP contribution in [0, 0.1) is 11.2 Å². The first-order chi connectivity index (χ1) is 8.00. The molecular formula is C13H18BrFN2. The van der Waals surface area contributed by atoms with Crippen LogP contribution in [0.3, 0.4) is 0 Å². The van der Waals surface area contributed by atoms with Crippen molar-refractivity contribution in [2.75, 3.05) is 19.6 Å². The molecule has 1 aliphatic rings. The molecule has 0 amide bonds. The van der Waals surface area contributed by atoms with Crippen molar-refractivity contribution >= 4 is 15.9 Å². The Morgan fingerprint density at radius 1 is 1.47 bits per heavy atom. The number of rotatable bonds is 3. The standard InChI is InChI=1S/C13H18BrFN2/c1-13(8-16)2-3-17(9-13)7-10-4-11(14)6-12(15)5-10/h4-6H,2-3,7-9,16H2,1H3. The van der Waals surface area contributed by atoms with Gasteiger partial charge in [-0.1, -0.05) is 22.9 Å². The van der Waals surface area contributed by atoms with Gasteiger partial charge in [0.25, 0.3) is 0 Å². The van der Waals surface area contributed by atoms with Gasteiger partial charge in [-0.3, -0.25) is 4.90 Å². The van der Waals surface area contributed by atoms with Gasteiger partial charge in [0, 0.05) is 17.6 Å². The molecule has 1 saturated heterocycles. The first kappa shape index (κ1) is 13.0. The van der Waals surface area contributed by atoms with E-state index in [0.717, 1.165) is 42.6 Å². The molecule has 17 heavy (non-hydrogen) atoms. The quantitative estimate of drug-likeness (QED) is 0.930. The van der Waals surface area contributed by atoms with Crippen LogP contribution in [-0.2, 0) is 6.54 Å². The van der Waals surface area contributed by atoms with Crippen molar-refractivity contribution in [2.45, 2.75) is 19.9 Å². The van der Waals surface area contributed by atoms with Gasteiger partial charge in [0.1, 0.15) is 5.82 Å². The van der Waals surface area contributed by atoms with E-state index in [-0.39, 0.29) is 11.2 Å². The molecule has 4 heteroatoms. The van der Waals surface area contributed by atoms with Gasteiger partial charge in [-0.15, -0.1) is 0 Å². The largest absolute Gasteiger partial charge is 0.330 e. The van der Waals surface area contributed by atoms with Crippen LogP contribution in [0.5, 0.6) is 0 Å². The topological polar surface area (TPSA) is 29.3 Å². The summed E-state index contributed by atoms with van der Waals surface area (Å²) >= 11 is 3.32. The minimum atomic E-state index is -0.185. The molecule has 0 saturated carbocycles. The lowest BCUT2D eigenvalue weighted by molar-refractivity contribution is 0.274. The Morgan fingerprint density at radius 2 is 2.24 bits per heavy atom. The fourth-order valence-corrected chi connectivity index (χ4v) is 2.90. The predicted molar refractivity (Wildman–Crippen MR) is 71.2 cm³/mol. The Bertz CT molecular complexity index is 390. The molecule has 2 N–H and O–H groups in total. The summed E-state index contributed by atoms with van der Waals surface area (Å²) in [4.78, 5) is 2.34. The van der Waals surface area contributed by atoms with Gasteiger partial charge in [0.05, 0.1) is 0 Å². The summed E-state index contributed by atoms with van der Waals surface area (Å²) in [5, 5.41) is 0. The summed E-state index contributed by atoms with van der Waals surface area (Å²) in [7, 11) is 0. The van der Waals surface area contributed by atoms with Crippen LogP contribution < -0.4 is 5.73 Å². The Kier molecular flexibility index (Phi) is 3.85. The molecule has 0 radical (unpaired) electrons. The zero-order valence-corrected chi connectivity index (χ0v) is 11.6. The van der Waals surface area contributed by atoms with Crippen LogP contribution in [0.15, 0.2) is 22.7 Å². The highest BCUT2D eigenvalue weighted by Crippen LogP contribution is 2.29. The summed E-state index contributed by atoms with van der Waals surface area (Å²) in [6.07, 6.45) is 1.12. The fourth-order valence-electron chi connectivity index (χ4n) is 2.39. The van der Waals surface area contributed by atoms with Gasteiger partial charge in [0.15, 0.2) is 0 Å². The molecule has 0 bridgehead atoms. The maximum Gasteiger partial charge on any atom is 0.124 e. The highest BCUT2D eigenvalue weighted by Gasteiger charge is 2.32. The molecule has 1 aromatic rings. The van der Waals surface area contributed by atoms with E-state index in [2.05, 4.69) is 27.8 Å². The SMILES string of the molecule is CC1(CN)CCN(Cc2cc(F)cc(Br)c2)C1. The molecule has 0 aromatic heterocycles. The van der Waals surface area contributed by atoms with E-state index in [1.165, 1.54) is 6.07 Å². The smallest absolute Gasteiger partial charge is 0.124 e. The van der Waals surface area contributed by atoms with E-state index >= 15 is 0 Å². The van der Waals surface area contributed by atoms with Crippen LogP contribution in [0.2, 0.25) is 0 Å². The number of benzene rings is 1. The third-order valence-corrected chi connectivity index (χ3v) is 3.92. The average molecular weight is 301 g/mol. The molecule has 0 spiro atoms. The highest BCUT2D eigenvalue weighted by atomic mass is 79.9. The van der Waals surface area contributed by atoms with Crippen molar-refractivity contribution in [3.63, 3.8) is 0 Å². The summed E-state index contributed by atoms with van der Waals surface area (Å²) in [5.41, 5.74) is 7.02. The molecule has 1 heterocycles. The lowest BCUT2D eigenvalue weighted by Crippen LogP contribution is -2.31. The molecule has 1 aliphatic heterocycles. The third-order valence-electron chi connectivity index (χ3n) is 3.46. The minimum absolute atomic E-state index is 0.185. The number of likely N-dealkylation sites (tertiary alicyclic amines) is 1. The lowest BCUT2D eigenvalue weighted by atomic mass is 9.90. The van der Waals surface area contributed by atoms with Crippen molar-refractivity contribution in [1.29, 1.82) is 0 Å². The van der Waals surface area contributed by atoms with Gasteiger partial charge in [-0.2, -0.15) is 0 Å². The van der Waals surface area contributed by atoms with Gasteiger partial charge >= 0.3 is 0 Å². The van der Waals surface area contributed by atoms with Gasteiger partial charge < -0.3 is 5.73 Å². The van der Waals surface area contributed by atoms with Gasteiger partial charge in [-0.25, -0.2) is 4.39 Å². The zero-order chi connectivity index (χ0) is 12.5. The number of hydrogen-bond donors (Lipinski definition) is 1. The molecule has 1 fully saturated rings. The monoisotopic (exact) mass is 300 g/mol. The first-order valence-electron chi connectivity index (χ1n) is 5.88. The van der Waals surface area contributed by atoms with Crippen LogP contribution in [0.1, 0.15) is 18.9 Å². The molecule has 94 valence electrons. The van der Waals surface area contributed by atoms with E-state index in [1.54, 1.807) is 6.07 Å². The minimum Gasteiger partial charge on any atom is -0.330 e. The second-order valence-electron chi connectivity index (χ2n) is 5.25. The molecule has 2 nitrogen and oxygen atoms in total. The van der Waals surface area contributed by atoms with Crippen LogP contribution in [-0.4, -0.2) is 24.5 Å². The Morgan fingerprint density at radius 3 is 2.82 bits per heavy atom. The predicted octanol–water partition coefficient (Wildman–Crippen LogP) is 2.76. The number of halogens is 2. The maximum atomic E-state index is 13.3. The maximum absolute atomic E-state index is 13.3. The third kappa shape index (κ3) is 3.27. The lowest BCUT2D eigenvalue weighted by Gasteiger charge is -2.22. The molecule has 1 aromatic carbocycles. The van der Waals surface area contributed by atoms with Gasteiger partial charge in [-0.05, 0) is 48.7 Å². The van der Waals surface area contributed by atoms with E-state index in [9.17, 15) is 4.39 Å². The second-order valence-corrected chi connectivity index (χ2v) is 6.17. The molecular weight excluding hydrogens is 283 g/mol. The summed E-state index contributed by atoms with van der Waals surface area (Å²) in [6, 6.07) is 5.06. The summed E-state index contributed by atoms with van der Waals surface area (Å²) in [6.45, 7) is 5.77. The van der Waals surface area contributed by atoms with E-state index < -0.39 is 0 Å². The zero-order valence-electron chi connectivity index (χ0n) is 10.0. The number of nitrogens with zero attached hydrogens (tertiary/aromatic N) is 1. The van der Waals surface area contributed by atoms with Crippen molar-refractivity contribution in [3.05, 3.63) is 34.1 Å². The number of hydrogen-bond acceptors (Lipinski definition) is 2. The van der Waals surface area contributed by atoms with Crippen LogP contribution in [0.25, 0.3) is 0 Å². The normalized spacial score (nSPS) is 25.4. The fraction of sp³-hybridized carbons (Fsp3) is 0.538. The molecule has 1 unspecified atom stereocenters. The summed E-state index contributed by atoms with van der Waals surface area (Å²) < 4.78 is 14.1. The summed E-state index contributed by atoms with van der Waals surface area (Å²) in [5.74, 6) is -0.185.